The number of rotatable bonds is 5. The van der Waals surface area contributed by atoms with Crippen LogP contribution in [0.15, 0.2) is 28.7 Å². The molecule has 0 unspecified atom stereocenters. The van der Waals surface area contributed by atoms with Crippen molar-refractivity contribution < 1.29 is 4.79 Å². The Morgan fingerprint density at radius 1 is 1.32 bits per heavy atom. The third-order valence-electron chi connectivity index (χ3n) is 5.35. The fraction of sp³-hybridized carbons (Fsp3) is 0.611. The molecule has 0 spiro atoms. The number of benzene rings is 1. The number of likely N-dealkylation sites (tertiary alicyclic amines) is 1. The van der Waals surface area contributed by atoms with E-state index in [0.29, 0.717) is 11.8 Å². The highest BCUT2D eigenvalue weighted by atomic mass is 79.9. The first-order chi connectivity index (χ1) is 10.7. The standard InChI is InChI=1S/C18H23BrN2O/c19-14-3-1-2-13(8-14)16-9-17(16)18(22)20-10-12-6-7-21(11-12)15-4-5-15/h1-3,8,12,15-17H,4-7,9-11H2,(H,20,22)/t12-,16+,17+/m0/s1. The highest BCUT2D eigenvalue weighted by Gasteiger charge is 2.44. The van der Waals surface area contributed by atoms with Crippen molar-refractivity contribution in [2.75, 3.05) is 19.6 Å². The number of nitrogens with one attached hydrogen (secondary N) is 1. The van der Waals surface area contributed by atoms with Crippen LogP contribution in [-0.2, 0) is 4.79 Å². The molecular weight excluding hydrogens is 340 g/mol. The van der Waals surface area contributed by atoms with Gasteiger partial charge in [0.25, 0.3) is 0 Å². The van der Waals surface area contributed by atoms with Crippen molar-refractivity contribution in [3.05, 3.63) is 34.3 Å². The molecule has 118 valence electrons. The van der Waals surface area contributed by atoms with E-state index in [4.69, 9.17) is 0 Å². The maximum atomic E-state index is 12.3. The van der Waals surface area contributed by atoms with Gasteiger partial charge in [0, 0.05) is 29.5 Å². The molecule has 0 radical (unpaired) electrons. The molecule has 0 bridgehead atoms. The summed E-state index contributed by atoms with van der Waals surface area (Å²) in [4.78, 5) is 14.9. The summed E-state index contributed by atoms with van der Waals surface area (Å²) in [6.07, 6.45) is 5.02. The predicted octanol–water partition coefficient (Wildman–Crippen LogP) is 3.15. The lowest BCUT2D eigenvalue weighted by Crippen LogP contribution is -2.32. The molecule has 4 rings (SSSR count). The molecular formula is C18H23BrN2O. The summed E-state index contributed by atoms with van der Waals surface area (Å²) in [6, 6.07) is 9.23. The van der Waals surface area contributed by atoms with Gasteiger partial charge in [-0.1, -0.05) is 28.1 Å². The molecule has 1 aliphatic heterocycles. The van der Waals surface area contributed by atoms with Crippen molar-refractivity contribution in [2.45, 2.75) is 37.6 Å². The lowest BCUT2D eigenvalue weighted by molar-refractivity contribution is -0.122. The molecule has 1 N–H and O–H groups in total. The molecule has 3 nitrogen and oxygen atoms in total. The van der Waals surface area contributed by atoms with Gasteiger partial charge in [-0.3, -0.25) is 4.79 Å². The lowest BCUT2D eigenvalue weighted by Gasteiger charge is -2.15. The van der Waals surface area contributed by atoms with Crippen LogP contribution < -0.4 is 5.32 Å². The SMILES string of the molecule is O=C(NC[C@@H]1CCN(C2CC2)C1)[C@@H]1C[C@@H]1c1cccc(Br)c1. The molecule has 22 heavy (non-hydrogen) atoms. The van der Waals surface area contributed by atoms with E-state index in [1.165, 1.54) is 37.9 Å². The molecule has 2 saturated carbocycles. The van der Waals surface area contributed by atoms with Gasteiger partial charge < -0.3 is 10.2 Å². The van der Waals surface area contributed by atoms with Crippen LogP contribution in [0.25, 0.3) is 0 Å². The van der Waals surface area contributed by atoms with Gasteiger partial charge in [0.2, 0.25) is 5.91 Å². The second kappa shape index (κ2) is 5.97. The van der Waals surface area contributed by atoms with Gasteiger partial charge in [0.1, 0.15) is 0 Å². The van der Waals surface area contributed by atoms with Crippen LogP contribution in [0, 0.1) is 11.8 Å². The Hall–Kier alpha value is -0.870. The van der Waals surface area contributed by atoms with E-state index in [1.54, 1.807) is 0 Å². The Balaban J connectivity index is 1.24. The third kappa shape index (κ3) is 3.23. The fourth-order valence-electron chi connectivity index (χ4n) is 3.77. The number of nitrogens with zero attached hydrogens (tertiary/aromatic N) is 1. The van der Waals surface area contributed by atoms with Gasteiger partial charge in [0.05, 0.1) is 0 Å². The average molecular weight is 363 g/mol. The number of hydrogen-bond acceptors (Lipinski definition) is 2. The van der Waals surface area contributed by atoms with Gasteiger partial charge >= 0.3 is 0 Å². The quantitative estimate of drug-likeness (QED) is 0.872. The minimum Gasteiger partial charge on any atom is -0.356 e. The molecule has 4 heteroatoms. The van der Waals surface area contributed by atoms with Gasteiger partial charge in [0.15, 0.2) is 0 Å². The summed E-state index contributed by atoms with van der Waals surface area (Å²) in [6.45, 7) is 3.28. The molecule has 3 aliphatic rings. The first kappa shape index (κ1) is 14.7. The van der Waals surface area contributed by atoms with Crippen LogP contribution in [0.4, 0.5) is 0 Å². The van der Waals surface area contributed by atoms with Gasteiger partial charge in [-0.05, 0) is 61.8 Å². The van der Waals surface area contributed by atoms with Crippen molar-refractivity contribution in [3.8, 4) is 0 Å². The van der Waals surface area contributed by atoms with E-state index < -0.39 is 0 Å². The number of carbonyl (C=O) groups excluding carboxylic acids is 1. The molecule has 1 saturated heterocycles. The Morgan fingerprint density at radius 3 is 2.95 bits per heavy atom. The smallest absolute Gasteiger partial charge is 0.223 e. The molecule has 3 fully saturated rings. The zero-order valence-corrected chi connectivity index (χ0v) is 14.4. The summed E-state index contributed by atoms with van der Waals surface area (Å²) >= 11 is 3.51. The summed E-state index contributed by atoms with van der Waals surface area (Å²) in [7, 11) is 0. The zero-order chi connectivity index (χ0) is 15.1. The number of hydrogen-bond donors (Lipinski definition) is 1. The first-order valence-electron chi connectivity index (χ1n) is 8.48. The zero-order valence-electron chi connectivity index (χ0n) is 12.8. The Labute approximate surface area is 140 Å². The summed E-state index contributed by atoms with van der Waals surface area (Å²) in [5, 5.41) is 3.20. The van der Waals surface area contributed by atoms with E-state index >= 15 is 0 Å². The van der Waals surface area contributed by atoms with Gasteiger partial charge in [-0.2, -0.15) is 0 Å². The van der Waals surface area contributed by atoms with Crippen molar-refractivity contribution >= 4 is 21.8 Å². The fourth-order valence-corrected chi connectivity index (χ4v) is 4.18. The Morgan fingerprint density at radius 2 is 2.18 bits per heavy atom. The maximum Gasteiger partial charge on any atom is 0.223 e. The highest BCUT2D eigenvalue weighted by molar-refractivity contribution is 9.10. The minimum atomic E-state index is 0.190. The molecule has 1 heterocycles. The average Bonchev–Trinajstić information content (AvgIpc) is 3.43. The van der Waals surface area contributed by atoms with Crippen LogP contribution in [0.2, 0.25) is 0 Å². The third-order valence-corrected chi connectivity index (χ3v) is 5.84. The van der Waals surface area contributed by atoms with Crippen LogP contribution in [0.1, 0.15) is 37.2 Å². The van der Waals surface area contributed by atoms with Crippen LogP contribution >= 0.6 is 15.9 Å². The molecule has 2 aliphatic carbocycles. The summed E-state index contributed by atoms with van der Waals surface area (Å²) < 4.78 is 1.10. The normalized spacial score (nSPS) is 31.2. The van der Waals surface area contributed by atoms with E-state index in [1.807, 2.05) is 6.07 Å². The van der Waals surface area contributed by atoms with Crippen molar-refractivity contribution in [2.24, 2.45) is 11.8 Å². The van der Waals surface area contributed by atoms with Crippen LogP contribution in [0.5, 0.6) is 0 Å². The van der Waals surface area contributed by atoms with Crippen LogP contribution in [0.3, 0.4) is 0 Å². The Bertz CT molecular complexity index is 572. The minimum absolute atomic E-state index is 0.190. The lowest BCUT2D eigenvalue weighted by atomic mass is 10.1. The number of halogens is 1. The van der Waals surface area contributed by atoms with Gasteiger partial charge in [-0.25, -0.2) is 0 Å². The summed E-state index contributed by atoms with van der Waals surface area (Å²) in [5.74, 6) is 1.53. The van der Waals surface area contributed by atoms with Crippen LogP contribution in [-0.4, -0.2) is 36.5 Å². The number of amides is 1. The maximum absolute atomic E-state index is 12.3. The monoisotopic (exact) mass is 362 g/mol. The first-order valence-corrected chi connectivity index (χ1v) is 9.27. The van der Waals surface area contributed by atoms with Gasteiger partial charge in [-0.15, -0.1) is 0 Å². The molecule has 0 aromatic heterocycles. The highest BCUT2D eigenvalue weighted by Crippen LogP contribution is 2.48. The van der Waals surface area contributed by atoms with E-state index in [-0.39, 0.29) is 11.8 Å². The van der Waals surface area contributed by atoms with Crippen molar-refractivity contribution in [1.82, 2.24) is 10.2 Å². The van der Waals surface area contributed by atoms with E-state index in [0.717, 1.165) is 23.5 Å². The number of carbonyl (C=O) groups is 1. The molecule has 3 atom stereocenters. The Kier molecular flexibility index (Phi) is 3.99. The second-order valence-electron chi connectivity index (χ2n) is 7.13. The molecule has 1 aromatic rings. The molecule has 1 aromatic carbocycles. The summed E-state index contributed by atoms with van der Waals surface area (Å²) in [5.41, 5.74) is 1.29. The topological polar surface area (TPSA) is 32.3 Å². The van der Waals surface area contributed by atoms with Crippen molar-refractivity contribution in [1.29, 1.82) is 0 Å². The van der Waals surface area contributed by atoms with E-state index in [9.17, 15) is 4.79 Å². The van der Waals surface area contributed by atoms with E-state index in [2.05, 4.69) is 44.3 Å². The second-order valence-corrected chi connectivity index (χ2v) is 8.05. The predicted molar refractivity (Wildman–Crippen MR) is 90.7 cm³/mol. The largest absolute Gasteiger partial charge is 0.356 e. The van der Waals surface area contributed by atoms with Crippen molar-refractivity contribution in [3.63, 3.8) is 0 Å². The molecule has 1 amide bonds.